The Morgan fingerprint density at radius 3 is 2.35 bits per heavy atom. The quantitative estimate of drug-likeness (QED) is 0.704. The van der Waals surface area contributed by atoms with E-state index < -0.39 is 0 Å². The monoisotopic (exact) mass is 236 g/mol. The van der Waals surface area contributed by atoms with Gasteiger partial charge < -0.3 is 4.98 Å². The second-order valence-electron chi connectivity index (χ2n) is 4.59. The average molecular weight is 236 g/mol. The van der Waals surface area contributed by atoms with Crippen molar-refractivity contribution in [3.8, 4) is 0 Å². The van der Waals surface area contributed by atoms with Crippen molar-refractivity contribution in [2.24, 2.45) is 0 Å². The number of nitrogens with one attached hydrogen (secondary N) is 1. The highest BCUT2D eigenvalue weighted by Gasteiger charge is 2.04. The largest absolute Gasteiger partial charge is 0.345 e. The van der Waals surface area contributed by atoms with Gasteiger partial charge in [-0.2, -0.15) is 4.98 Å². The molecule has 0 saturated carbocycles. The third kappa shape index (κ3) is 5.16. The number of hydrogen-bond acceptors (Lipinski definition) is 2. The van der Waals surface area contributed by atoms with Crippen LogP contribution in [0.15, 0.2) is 11.0 Å². The van der Waals surface area contributed by atoms with Gasteiger partial charge in [-0.15, -0.1) is 0 Å². The maximum atomic E-state index is 11.2. The third-order valence-electron chi connectivity index (χ3n) is 3.04. The fraction of sp³-hybridized carbons (Fsp3) is 0.714. The van der Waals surface area contributed by atoms with Crippen LogP contribution in [0.5, 0.6) is 0 Å². The van der Waals surface area contributed by atoms with Crippen LogP contribution < -0.4 is 5.69 Å². The molecular weight excluding hydrogens is 212 g/mol. The Morgan fingerprint density at radius 1 is 1.06 bits per heavy atom. The van der Waals surface area contributed by atoms with Crippen LogP contribution in [0.3, 0.4) is 0 Å². The molecular formula is C14H24N2O. The van der Waals surface area contributed by atoms with Gasteiger partial charge in [0.05, 0.1) is 5.69 Å². The smallest absolute Gasteiger partial charge is 0.312 e. The number of H-pyrrole nitrogens is 1. The minimum atomic E-state index is -0.212. The van der Waals surface area contributed by atoms with Crippen LogP contribution in [0, 0.1) is 0 Å². The van der Waals surface area contributed by atoms with E-state index in [0.717, 1.165) is 25.0 Å². The summed E-state index contributed by atoms with van der Waals surface area (Å²) >= 11 is 0. The van der Waals surface area contributed by atoms with E-state index in [0.29, 0.717) is 0 Å². The van der Waals surface area contributed by atoms with Gasteiger partial charge in [-0.05, 0) is 31.2 Å². The van der Waals surface area contributed by atoms with Crippen molar-refractivity contribution in [3.05, 3.63) is 27.9 Å². The van der Waals surface area contributed by atoms with Gasteiger partial charge in [0.2, 0.25) is 0 Å². The van der Waals surface area contributed by atoms with Gasteiger partial charge in [-0.1, -0.05) is 39.5 Å². The number of nitrogens with zero attached hydrogens (tertiary/aromatic N) is 1. The van der Waals surface area contributed by atoms with Crippen LogP contribution in [0.4, 0.5) is 0 Å². The average Bonchev–Trinajstić information content (AvgIpc) is 2.32. The van der Waals surface area contributed by atoms with Gasteiger partial charge in [0.15, 0.2) is 0 Å². The van der Waals surface area contributed by atoms with Crippen LogP contribution in [0.2, 0.25) is 0 Å². The normalized spacial score (nSPS) is 10.7. The van der Waals surface area contributed by atoms with Gasteiger partial charge in [0, 0.05) is 6.20 Å². The first-order valence-electron chi connectivity index (χ1n) is 6.85. The Morgan fingerprint density at radius 2 is 1.71 bits per heavy atom. The zero-order valence-corrected chi connectivity index (χ0v) is 11.1. The Labute approximate surface area is 104 Å². The molecule has 0 spiro atoms. The molecule has 3 heteroatoms. The van der Waals surface area contributed by atoms with Gasteiger partial charge in [0.1, 0.15) is 0 Å². The molecule has 0 fully saturated rings. The number of aromatic amines is 1. The molecule has 0 aliphatic rings. The van der Waals surface area contributed by atoms with E-state index in [1.165, 1.54) is 37.7 Å². The first-order valence-corrected chi connectivity index (χ1v) is 6.85. The highest BCUT2D eigenvalue weighted by molar-refractivity contribution is 5.16. The summed E-state index contributed by atoms with van der Waals surface area (Å²) in [6.07, 6.45) is 11.0. The summed E-state index contributed by atoms with van der Waals surface area (Å²) < 4.78 is 0. The standard InChI is InChI=1S/C14H24N2O/c1-3-5-7-9-12-11-15-14(17)16-13(12)10-8-6-4-2/h11H,3-10H2,1-2H3,(H,15,16,17). The minimum Gasteiger partial charge on any atom is -0.312 e. The molecule has 0 atom stereocenters. The van der Waals surface area contributed by atoms with Crippen LogP contribution in [-0.2, 0) is 12.8 Å². The summed E-state index contributed by atoms with van der Waals surface area (Å²) in [5.74, 6) is 0. The summed E-state index contributed by atoms with van der Waals surface area (Å²) in [6.45, 7) is 4.39. The summed E-state index contributed by atoms with van der Waals surface area (Å²) in [5.41, 5.74) is 2.03. The lowest BCUT2D eigenvalue weighted by Crippen LogP contribution is -2.15. The highest BCUT2D eigenvalue weighted by Crippen LogP contribution is 2.11. The summed E-state index contributed by atoms with van der Waals surface area (Å²) in [7, 11) is 0. The lowest BCUT2D eigenvalue weighted by atomic mass is 10.0. The molecule has 0 aromatic carbocycles. The van der Waals surface area contributed by atoms with E-state index in [4.69, 9.17) is 0 Å². The van der Waals surface area contributed by atoms with Crippen molar-refractivity contribution in [1.82, 2.24) is 9.97 Å². The second-order valence-corrected chi connectivity index (χ2v) is 4.59. The lowest BCUT2D eigenvalue weighted by Gasteiger charge is -2.07. The maximum absolute atomic E-state index is 11.2. The van der Waals surface area contributed by atoms with Crippen molar-refractivity contribution >= 4 is 0 Å². The maximum Gasteiger partial charge on any atom is 0.345 e. The van der Waals surface area contributed by atoms with Crippen molar-refractivity contribution < 1.29 is 0 Å². The van der Waals surface area contributed by atoms with E-state index in [-0.39, 0.29) is 5.69 Å². The Hall–Kier alpha value is -1.12. The van der Waals surface area contributed by atoms with Crippen molar-refractivity contribution in [2.45, 2.75) is 65.2 Å². The van der Waals surface area contributed by atoms with Crippen molar-refractivity contribution in [1.29, 1.82) is 0 Å². The molecule has 1 aromatic rings. The fourth-order valence-corrected chi connectivity index (χ4v) is 2.00. The summed E-state index contributed by atoms with van der Waals surface area (Å²) in [6, 6.07) is 0. The predicted molar refractivity (Wildman–Crippen MR) is 71.3 cm³/mol. The highest BCUT2D eigenvalue weighted by atomic mass is 16.1. The van der Waals surface area contributed by atoms with Crippen LogP contribution in [-0.4, -0.2) is 9.97 Å². The first-order chi connectivity index (χ1) is 8.27. The molecule has 96 valence electrons. The predicted octanol–water partition coefficient (Wildman–Crippen LogP) is 3.24. The molecule has 17 heavy (non-hydrogen) atoms. The second kappa shape index (κ2) is 8.04. The number of aryl methyl sites for hydroxylation is 2. The molecule has 3 nitrogen and oxygen atoms in total. The number of aromatic nitrogens is 2. The van der Waals surface area contributed by atoms with E-state index in [2.05, 4.69) is 23.8 Å². The zero-order valence-electron chi connectivity index (χ0n) is 11.1. The number of rotatable bonds is 8. The molecule has 0 unspecified atom stereocenters. The van der Waals surface area contributed by atoms with Gasteiger partial charge in [0.25, 0.3) is 0 Å². The van der Waals surface area contributed by atoms with E-state index in [1.54, 1.807) is 0 Å². The minimum absolute atomic E-state index is 0.212. The van der Waals surface area contributed by atoms with Gasteiger partial charge >= 0.3 is 5.69 Å². The zero-order chi connectivity index (χ0) is 12.5. The molecule has 1 heterocycles. The SMILES string of the molecule is CCCCCc1c[nH]c(=O)nc1CCCCC. The molecule has 1 rings (SSSR count). The topological polar surface area (TPSA) is 45.8 Å². The lowest BCUT2D eigenvalue weighted by molar-refractivity contribution is 0.676. The van der Waals surface area contributed by atoms with Crippen LogP contribution >= 0.6 is 0 Å². The van der Waals surface area contributed by atoms with Gasteiger partial charge in [-0.25, -0.2) is 4.79 Å². The molecule has 0 aliphatic heterocycles. The van der Waals surface area contributed by atoms with Gasteiger partial charge in [-0.3, -0.25) is 0 Å². The molecule has 0 saturated heterocycles. The Balaban J connectivity index is 2.62. The molecule has 0 radical (unpaired) electrons. The van der Waals surface area contributed by atoms with Crippen molar-refractivity contribution in [2.75, 3.05) is 0 Å². The molecule has 0 bridgehead atoms. The molecule has 1 N–H and O–H groups in total. The van der Waals surface area contributed by atoms with E-state index in [9.17, 15) is 4.79 Å². The molecule has 1 aromatic heterocycles. The summed E-state index contributed by atoms with van der Waals surface area (Å²) in [5, 5.41) is 0. The summed E-state index contributed by atoms with van der Waals surface area (Å²) in [4.78, 5) is 18.0. The van der Waals surface area contributed by atoms with Crippen molar-refractivity contribution in [3.63, 3.8) is 0 Å². The van der Waals surface area contributed by atoms with Crippen LogP contribution in [0.25, 0.3) is 0 Å². The number of unbranched alkanes of at least 4 members (excludes halogenated alkanes) is 4. The third-order valence-corrected chi connectivity index (χ3v) is 3.04. The molecule has 0 amide bonds. The Kier molecular flexibility index (Phi) is 6.60. The number of hydrogen-bond donors (Lipinski definition) is 1. The Bertz CT molecular complexity index is 371. The fourth-order valence-electron chi connectivity index (χ4n) is 2.00. The van der Waals surface area contributed by atoms with E-state index >= 15 is 0 Å². The van der Waals surface area contributed by atoms with E-state index in [1.807, 2.05) is 6.20 Å². The molecule has 0 aliphatic carbocycles. The van der Waals surface area contributed by atoms with Crippen LogP contribution in [0.1, 0.15) is 63.6 Å². The first kappa shape index (κ1) is 13.9.